The number of aromatic nitrogens is 2. The van der Waals surface area contributed by atoms with E-state index >= 15 is 0 Å². The van der Waals surface area contributed by atoms with Crippen LogP contribution >= 0.6 is 23.1 Å². The molecule has 0 spiro atoms. The summed E-state index contributed by atoms with van der Waals surface area (Å²) in [6, 6.07) is 8.08. The lowest BCUT2D eigenvalue weighted by Gasteiger charge is -2.29. The average Bonchev–Trinajstić information content (AvgIpc) is 3.08. The summed E-state index contributed by atoms with van der Waals surface area (Å²) < 4.78 is 8.08. The molecule has 0 aliphatic carbocycles. The van der Waals surface area contributed by atoms with Gasteiger partial charge < -0.3 is 10.5 Å². The van der Waals surface area contributed by atoms with Crippen LogP contribution in [-0.4, -0.2) is 27.3 Å². The van der Waals surface area contributed by atoms with Gasteiger partial charge in [-0.15, -0.1) is 23.1 Å². The van der Waals surface area contributed by atoms with Crippen LogP contribution in [-0.2, 0) is 6.42 Å². The van der Waals surface area contributed by atoms with Crippen molar-refractivity contribution in [2.45, 2.75) is 23.5 Å². The summed E-state index contributed by atoms with van der Waals surface area (Å²) in [5.41, 5.74) is 7.37. The Kier molecular flexibility index (Phi) is 3.37. The zero-order valence-electron chi connectivity index (χ0n) is 11.3. The summed E-state index contributed by atoms with van der Waals surface area (Å²) in [5.74, 6) is 1.83. The number of benzene rings is 1. The maximum Gasteiger partial charge on any atom is 0.193 e. The second-order valence-electron chi connectivity index (χ2n) is 5.11. The Morgan fingerprint density at radius 2 is 2.33 bits per heavy atom. The summed E-state index contributed by atoms with van der Waals surface area (Å²) in [4.78, 5) is 6.80. The van der Waals surface area contributed by atoms with Crippen molar-refractivity contribution in [3.8, 4) is 5.75 Å². The van der Waals surface area contributed by atoms with Gasteiger partial charge in [0.15, 0.2) is 4.96 Å². The molecule has 1 aromatic carbocycles. The number of imidazole rings is 1. The number of nitrogens with two attached hydrogens (primary N) is 1. The van der Waals surface area contributed by atoms with Crippen LogP contribution in [0.25, 0.3) is 4.96 Å². The van der Waals surface area contributed by atoms with Gasteiger partial charge in [0, 0.05) is 40.9 Å². The predicted molar refractivity (Wildman–Crippen MR) is 86.3 cm³/mol. The Bertz CT molecular complexity index is 738. The van der Waals surface area contributed by atoms with Gasteiger partial charge in [-0.1, -0.05) is 12.1 Å². The molecule has 0 saturated carbocycles. The van der Waals surface area contributed by atoms with Gasteiger partial charge >= 0.3 is 0 Å². The molecule has 6 heteroatoms. The maximum atomic E-state index is 6.34. The van der Waals surface area contributed by atoms with Gasteiger partial charge in [-0.25, -0.2) is 4.98 Å². The number of rotatable bonds is 3. The molecule has 3 aromatic rings. The fourth-order valence-corrected chi connectivity index (χ4v) is 4.31. The molecule has 2 aromatic heterocycles. The van der Waals surface area contributed by atoms with Gasteiger partial charge in [0.05, 0.1) is 5.69 Å². The number of thioether (sulfide) groups is 1. The molecule has 21 heavy (non-hydrogen) atoms. The minimum Gasteiger partial charge on any atom is -0.487 e. The standard InChI is InChI=1S/C15H15N3OS2/c16-11(7-10-8-18-5-6-20-15(18)17-10)13-9-21-14-4-2-1-3-12(14)19-13/h1-6,8,11,13H,7,9,16H2. The van der Waals surface area contributed by atoms with Crippen molar-refractivity contribution in [1.82, 2.24) is 9.38 Å². The lowest BCUT2D eigenvalue weighted by atomic mass is 10.1. The molecule has 0 fully saturated rings. The number of nitrogens with zero attached hydrogens (tertiary/aromatic N) is 2. The van der Waals surface area contributed by atoms with Crippen molar-refractivity contribution in [1.29, 1.82) is 0 Å². The Morgan fingerprint density at radius 3 is 3.24 bits per heavy atom. The highest BCUT2D eigenvalue weighted by Crippen LogP contribution is 2.35. The average molecular weight is 317 g/mol. The quantitative estimate of drug-likeness (QED) is 0.807. The predicted octanol–water partition coefficient (Wildman–Crippen LogP) is 2.82. The third-order valence-corrected chi connectivity index (χ3v) is 5.51. The van der Waals surface area contributed by atoms with Crippen molar-refractivity contribution >= 4 is 28.1 Å². The van der Waals surface area contributed by atoms with Crippen LogP contribution in [0.1, 0.15) is 5.69 Å². The minimum absolute atomic E-state index is 0.0321. The van der Waals surface area contributed by atoms with Crippen molar-refractivity contribution < 1.29 is 4.74 Å². The molecule has 0 amide bonds. The van der Waals surface area contributed by atoms with E-state index in [9.17, 15) is 0 Å². The van der Waals surface area contributed by atoms with E-state index in [2.05, 4.69) is 17.2 Å². The van der Waals surface area contributed by atoms with E-state index in [0.717, 1.165) is 28.6 Å². The highest BCUT2D eigenvalue weighted by Gasteiger charge is 2.26. The lowest BCUT2D eigenvalue weighted by molar-refractivity contribution is 0.184. The SMILES string of the molecule is NC(Cc1cn2ccsc2n1)C1CSc2ccccc2O1. The Hall–Kier alpha value is -1.50. The third kappa shape index (κ3) is 2.54. The monoisotopic (exact) mass is 317 g/mol. The van der Waals surface area contributed by atoms with Crippen LogP contribution in [0.5, 0.6) is 5.75 Å². The number of para-hydroxylation sites is 1. The summed E-state index contributed by atoms with van der Waals surface area (Å²) in [6.45, 7) is 0. The zero-order valence-corrected chi connectivity index (χ0v) is 12.9. The van der Waals surface area contributed by atoms with Crippen molar-refractivity contribution in [3.05, 3.63) is 47.7 Å². The second-order valence-corrected chi connectivity index (χ2v) is 7.04. The molecular weight excluding hydrogens is 302 g/mol. The molecule has 1 aliphatic heterocycles. The lowest BCUT2D eigenvalue weighted by Crippen LogP contribution is -2.43. The normalized spacial score (nSPS) is 19.2. The van der Waals surface area contributed by atoms with E-state index in [0.29, 0.717) is 0 Å². The largest absolute Gasteiger partial charge is 0.487 e. The molecule has 108 valence electrons. The molecule has 2 unspecified atom stereocenters. The zero-order chi connectivity index (χ0) is 14.2. The first kappa shape index (κ1) is 13.2. The fourth-order valence-electron chi connectivity index (χ4n) is 2.49. The second kappa shape index (κ2) is 5.36. The molecule has 1 aliphatic rings. The Balaban J connectivity index is 1.48. The van der Waals surface area contributed by atoms with E-state index < -0.39 is 0 Å². The molecule has 4 rings (SSSR count). The third-order valence-electron chi connectivity index (χ3n) is 3.60. The van der Waals surface area contributed by atoms with Crippen LogP contribution in [0.4, 0.5) is 0 Å². The van der Waals surface area contributed by atoms with Crippen LogP contribution in [0.2, 0.25) is 0 Å². The van der Waals surface area contributed by atoms with E-state index in [-0.39, 0.29) is 12.1 Å². The summed E-state index contributed by atoms with van der Waals surface area (Å²) in [5, 5.41) is 2.03. The number of hydrogen-bond acceptors (Lipinski definition) is 5. The first-order valence-corrected chi connectivity index (χ1v) is 8.71. The van der Waals surface area contributed by atoms with Crippen molar-refractivity contribution in [3.63, 3.8) is 0 Å². The van der Waals surface area contributed by atoms with Gasteiger partial charge in [0.25, 0.3) is 0 Å². The van der Waals surface area contributed by atoms with Crippen LogP contribution < -0.4 is 10.5 Å². The molecule has 3 heterocycles. The number of ether oxygens (including phenoxy) is 1. The van der Waals surface area contributed by atoms with E-state index in [1.807, 2.05) is 45.9 Å². The van der Waals surface area contributed by atoms with Crippen LogP contribution in [0.3, 0.4) is 0 Å². The molecule has 0 saturated heterocycles. The highest BCUT2D eigenvalue weighted by molar-refractivity contribution is 7.99. The van der Waals surface area contributed by atoms with Crippen molar-refractivity contribution in [2.24, 2.45) is 5.73 Å². The van der Waals surface area contributed by atoms with Crippen LogP contribution in [0.15, 0.2) is 46.9 Å². The van der Waals surface area contributed by atoms with Gasteiger partial charge in [0.2, 0.25) is 0 Å². The van der Waals surface area contributed by atoms with Crippen molar-refractivity contribution in [2.75, 3.05) is 5.75 Å². The first-order valence-electron chi connectivity index (χ1n) is 6.85. The van der Waals surface area contributed by atoms with E-state index in [1.54, 1.807) is 11.3 Å². The molecule has 4 nitrogen and oxygen atoms in total. The highest BCUT2D eigenvalue weighted by atomic mass is 32.2. The number of thiazole rings is 1. The van der Waals surface area contributed by atoms with E-state index in [1.165, 1.54) is 4.90 Å². The van der Waals surface area contributed by atoms with Gasteiger partial charge in [0.1, 0.15) is 11.9 Å². The number of fused-ring (bicyclic) bond motifs is 2. The summed E-state index contributed by atoms with van der Waals surface area (Å²) in [6.07, 6.45) is 4.84. The van der Waals surface area contributed by atoms with Gasteiger partial charge in [-0.05, 0) is 12.1 Å². The van der Waals surface area contributed by atoms with E-state index in [4.69, 9.17) is 10.5 Å². The summed E-state index contributed by atoms with van der Waals surface area (Å²) >= 11 is 3.45. The van der Waals surface area contributed by atoms with Crippen LogP contribution in [0, 0.1) is 0 Å². The molecule has 0 bridgehead atoms. The molecular formula is C15H15N3OS2. The Morgan fingerprint density at radius 1 is 1.43 bits per heavy atom. The smallest absolute Gasteiger partial charge is 0.193 e. The maximum absolute atomic E-state index is 6.34. The number of hydrogen-bond donors (Lipinski definition) is 1. The first-order chi connectivity index (χ1) is 10.3. The molecule has 2 N–H and O–H groups in total. The molecule has 2 atom stereocenters. The van der Waals surface area contributed by atoms with Gasteiger partial charge in [-0.2, -0.15) is 0 Å². The summed E-state index contributed by atoms with van der Waals surface area (Å²) in [7, 11) is 0. The Labute approximate surface area is 130 Å². The molecule has 0 radical (unpaired) electrons. The minimum atomic E-state index is -0.0459. The van der Waals surface area contributed by atoms with Gasteiger partial charge in [-0.3, -0.25) is 4.40 Å². The fraction of sp³-hybridized carbons (Fsp3) is 0.267. The topological polar surface area (TPSA) is 52.5 Å².